The van der Waals surface area contributed by atoms with Crippen molar-refractivity contribution in [3.05, 3.63) is 46.3 Å². The summed E-state index contributed by atoms with van der Waals surface area (Å²) in [6, 6.07) is 7.57. The number of rotatable bonds is 5. The number of aromatic nitrogens is 1. The molecule has 2 aromatic rings. The monoisotopic (exact) mass is 290 g/mol. The van der Waals surface area contributed by atoms with E-state index >= 15 is 0 Å². The van der Waals surface area contributed by atoms with E-state index in [-0.39, 0.29) is 11.9 Å². The molecule has 0 aliphatic carbocycles. The van der Waals surface area contributed by atoms with E-state index in [1.807, 2.05) is 36.3 Å². The van der Waals surface area contributed by atoms with Crippen LogP contribution in [0.3, 0.4) is 0 Å². The van der Waals surface area contributed by atoms with Gasteiger partial charge in [-0.3, -0.25) is 4.79 Å². The highest BCUT2D eigenvalue weighted by Crippen LogP contribution is 2.17. The second-order valence-corrected chi connectivity index (χ2v) is 5.71. The number of hydrazine groups is 1. The van der Waals surface area contributed by atoms with Gasteiger partial charge in [0, 0.05) is 17.1 Å². The van der Waals surface area contributed by atoms with Crippen LogP contribution in [0.2, 0.25) is 0 Å². The topological polar surface area (TPSA) is 71.2 Å². The Balaban J connectivity index is 2.17. The van der Waals surface area contributed by atoms with Crippen LogP contribution in [0.25, 0.3) is 0 Å². The van der Waals surface area contributed by atoms with Gasteiger partial charge in [-0.05, 0) is 37.4 Å². The molecule has 5 nitrogen and oxygen atoms in total. The van der Waals surface area contributed by atoms with Gasteiger partial charge in [0.1, 0.15) is 5.82 Å². The first-order valence-corrected chi connectivity index (χ1v) is 7.26. The van der Waals surface area contributed by atoms with Crippen molar-refractivity contribution in [2.75, 3.05) is 5.43 Å². The number of hydrogen-bond donors (Lipinski definition) is 2. The highest BCUT2D eigenvalue weighted by molar-refractivity contribution is 7.09. The standard InChI is InChI=1S/C14H18N4OS/c1-10(2)18(9-12-4-3-7-20-12)14(19)11-5-6-13(17-15)16-8-11/h3-8,10H,9,15H2,1-2H3,(H,16,17). The number of thiophene rings is 1. The van der Waals surface area contributed by atoms with Crippen molar-refractivity contribution >= 4 is 23.1 Å². The number of pyridine rings is 1. The molecule has 2 aromatic heterocycles. The number of nitrogens with two attached hydrogens (primary N) is 1. The number of nitrogen functional groups attached to an aromatic ring is 1. The first-order valence-electron chi connectivity index (χ1n) is 6.38. The Hall–Kier alpha value is -1.92. The quantitative estimate of drug-likeness (QED) is 0.655. The predicted octanol–water partition coefficient (Wildman–Crippen LogP) is 2.48. The van der Waals surface area contributed by atoms with Crippen LogP contribution in [0, 0.1) is 0 Å². The number of nitrogens with zero attached hydrogens (tertiary/aromatic N) is 2. The summed E-state index contributed by atoms with van der Waals surface area (Å²) < 4.78 is 0. The molecule has 106 valence electrons. The second kappa shape index (κ2) is 6.49. The summed E-state index contributed by atoms with van der Waals surface area (Å²) in [5, 5.41) is 2.02. The van der Waals surface area contributed by atoms with E-state index in [1.165, 1.54) is 4.88 Å². The van der Waals surface area contributed by atoms with E-state index in [0.717, 1.165) is 0 Å². The Labute approximate surface area is 122 Å². The molecule has 0 saturated carbocycles. The fourth-order valence-corrected chi connectivity index (χ4v) is 2.53. The zero-order valence-electron chi connectivity index (χ0n) is 11.5. The Morgan fingerprint density at radius 3 is 2.75 bits per heavy atom. The number of anilines is 1. The molecule has 0 unspecified atom stereocenters. The van der Waals surface area contributed by atoms with Gasteiger partial charge < -0.3 is 10.3 Å². The fourth-order valence-electron chi connectivity index (χ4n) is 1.83. The summed E-state index contributed by atoms with van der Waals surface area (Å²) in [6.07, 6.45) is 1.54. The fraction of sp³-hybridized carbons (Fsp3) is 0.286. The average molecular weight is 290 g/mol. The van der Waals surface area contributed by atoms with Gasteiger partial charge in [0.25, 0.3) is 5.91 Å². The molecule has 2 rings (SSSR count). The highest BCUT2D eigenvalue weighted by Gasteiger charge is 2.19. The zero-order chi connectivity index (χ0) is 14.5. The summed E-state index contributed by atoms with van der Waals surface area (Å²) in [7, 11) is 0. The molecule has 0 aliphatic heterocycles. The molecule has 0 radical (unpaired) electrons. The molecule has 0 aromatic carbocycles. The van der Waals surface area contributed by atoms with Gasteiger partial charge in [0.2, 0.25) is 0 Å². The first kappa shape index (κ1) is 14.5. The summed E-state index contributed by atoms with van der Waals surface area (Å²) in [5.74, 6) is 5.78. The van der Waals surface area contributed by atoms with Crippen molar-refractivity contribution in [2.24, 2.45) is 5.84 Å². The van der Waals surface area contributed by atoms with Crippen LogP contribution in [0.15, 0.2) is 35.8 Å². The van der Waals surface area contributed by atoms with Gasteiger partial charge in [0.05, 0.1) is 12.1 Å². The molecular weight excluding hydrogens is 272 g/mol. The molecule has 2 heterocycles. The van der Waals surface area contributed by atoms with Gasteiger partial charge in [0.15, 0.2) is 0 Å². The lowest BCUT2D eigenvalue weighted by Crippen LogP contribution is -2.36. The van der Waals surface area contributed by atoms with Crippen LogP contribution in [0.4, 0.5) is 5.82 Å². The van der Waals surface area contributed by atoms with Crippen LogP contribution >= 0.6 is 11.3 Å². The molecular formula is C14H18N4OS. The van der Waals surface area contributed by atoms with E-state index in [1.54, 1.807) is 29.7 Å². The lowest BCUT2D eigenvalue weighted by atomic mass is 10.2. The highest BCUT2D eigenvalue weighted by atomic mass is 32.1. The number of carbonyl (C=O) groups excluding carboxylic acids is 1. The number of carbonyl (C=O) groups is 1. The largest absolute Gasteiger partial charge is 0.331 e. The van der Waals surface area contributed by atoms with E-state index in [4.69, 9.17) is 5.84 Å². The van der Waals surface area contributed by atoms with E-state index < -0.39 is 0 Å². The van der Waals surface area contributed by atoms with Crippen LogP contribution in [-0.4, -0.2) is 21.8 Å². The minimum atomic E-state index is -0.0236. The third-order valence-electron chi connectivity index (χ3n) is 2.95. The molecule has 20 heavy (non-hydrogen) atoms. The van der Waals surface area contributed by atoms with Crippen molar-refractivity contribution < 1.29 is 4.79 Å². The molecule has 0 atom stereocenters. The van der Waals surface area contributed by atoms with Crippen LogP contribution in [-0.2, 0) is 6.54 Å². The molecule has 0 fully saturated rings. The Bertz CT molecular complexity index is 551. The summed E-state index contributed by atoms with van der Waals surface area (Å²) in [6.45, 7) is 4.63. The number of hydrogen-bond acceptors (Lipinski definition) is 5. The zero-order valence-corrected chi connectivity index (χ0v) is 12.4. The van der Waals surface area contributed by atoms with Crippen molar-refractivity contribution in [2.45, 2.75) is 26.4 Å². The lowest BCUT2D eigenvalue weighted by Gasteiger charge is -2.26. The molecule has 6 heteroatoms. The van der Waals surface area contributed by atoms with Crippen LogP contribution in [0.1, 0.15) is 29.1 Å². The van der Waals surface area contributed by atoms with Gasteiger partial charge in [-0.25, -0.2) is 10.8 Å². The van der Waals surface area contributed by atoms with E-state index in [2.05, 4.69) is 10.4 Å². The van der Waals surface area contributed by atoms with E-state index in [9.17, 15) is 4.79 Å². The Kier molecular flexibility index (Phi) is 4.70. The van der Waals surface area contributed by atoms with Gasteiger partial charge in [-0.15, -0.1) is 11.3 Å². The van der Waals surface area contributed by atoms with Crippen molar-refractivity contribution in [3.63, 3.8) is 0 Å². The van der Waals surface area contributed by atoms with Crippen molar-refractivity contribution in [1.29, 1.82) is 0 Å². The van der Waals surface area contributed by atoms with Gasteiger partial charge in [-0.1, -0.05) is 6.07 Å². The molecule has 0 aliphatic rings. The third kappa shape index (κ3) is 3.34. The van der Waals surface area contributed by atoms with Crippen LogP contribution < -0.4 is 11.3 Å². The SMILES string of the molecule is CC(C)N(Cc1cccs1)C(=O)c1ccc(NN)nc1. The normalized spacial score (nSPS) is 10.6. The average Bonchev–Trinajstić information content (AvgIpc) is 2.97. The minimum absolute atomic E-state index is 0.0236. The van der Waals surface area contributed by atoms with Crippen LogP contribution in [0.5, 0.6) is 0 Å². The third-order valence-corrected chi connectivity index (χ3v) is 3.81. The number of amides is 1. The Morgan fingerprint density at radius 2 is 2.25 bits per heavy atom. The maximum atomic E-state index is 12.6. The van der Waals surface area contributed by atoms with Crippen molar-refractivity contribution in [1.82, 2.24) is 9.88 Å². The Morgan fingerprint density at radius 1 is 1.45 bits per heavy atom. The van der Waals surface area contributed by atoms with Crippen molar-refractivity contribution in [3.8, 4) is 0 Å². The summed E-state index contributed by atoms with van der Waals surface area (Å²) in [5.41, 5.74) is 3.01. The lowest BCUT2D eigenvalue weighted by molar-refractivity contribution is 0.0692. The first-order chi connectivity index (χ1) is 9.61. The summed E-state index contributed by atoms with van der Waals surface area (Å²) >= 11 is 1.65. The molecule has 0 saturated heterocycles. The number of nitrogens with one attached hydrogen (secondary N) is 1. The maximum Gasteiger partial charge on any atom is 0.255 e. The molecule has 0 bridgehead atoms. The second-order valence-electron chi connectivity index (χ2n) is 4.68. The maximum absolute atomic E-state index is 12.6. The molecule has 0 spiro atoms. The predicted molar refractivity (Wildman–Crippen MR) is 81.4 cm³/mol. The smallest absolute Gasteiger partial charge is 0.255 e. The summed E-state index contributed by atoms with van der Waals surface area (Å²) in [4.78, 5) is 19.6. The molecule has 3 N–H and O–H groups in total. The minimum Gasteiger partial charge on any atom is -0.331 e. The van der Waals surface area contributed by atoms with E-state index in [0.29, 0.717) is 17.9 Å². The van der Waals surface area contributed by atoms with Gasteiger partial charge >= 0.3 is 0 Å². The molecule has 1 amide bonds. The van der Waals surface area contributed by atoms with Gasteiger partial charge in [-0.2, -0.15) is 0 Å².